The first-order valence-corrected chi connectivity index (χ1v) is 6.42. The van der Waals surface area contributed by atoms with Crippen LogP contribution in [-0.4, -0.2) is 20.1 Å². The fraction of sp³-hybridized carbons (Fsp3) is 0.250. The van der Waals surface area contributed by atoms with Crippen molar-refractivity contribution in [2.75, 3.05) is 5.33 Å². The van der Waals surface area contributed by atoms with Crippen molar-refractivity contribution in [1.29, 1.82) is 0 Å². The zero-order valence-electron chi connectivity index (χ0n) is 9.24. The molecule has 2 aromatic rings. The van der Waals surface area contributed by atoms with E-state index in [9.17, 15) is 4.39 Å². The van der Waals surface area contributed by atoms with Crippen molar-refractivity contribution >= 4 is 15.9 Å². The van der Waals surface area contributed by atoms with Crippen LogP contribution in [0.15, 0.2) is 24.5 Å². The van der Waals surface area contributed by atoms with Crippen LogP contribution in [0, 0.1) is 12.7 Å². The van der Waals surface area contributed by atoms with Crippen molar-refractivity contribution in [3.8, 4) is 5.82 Å². The topological polar surface area (TPSA) is 30.7 Å². The highest BCUT2D eigenvalue weighted by Gasteiger charge is 2.11. The van der Waals surface area contributed by atoms with E-state index in [-0.39, 0.29) is 11.6 Å². The molecule has 0 aliphatic carbocycles. The zero-order chi connectivity index (χ0) is 12.3. The number of rotatable bonds is 4. The fourth-order valence-electron chi connectivity index (χ4n) is 1.61. The van der Waals surface area contributed by atoms with Crippen molar-refractivity contribution in [2.45, 2.75) is 12.8 Å². The predicted octanol–water partition coefficient (Wildman–Crippen LogP) is 2.72. The lowest BCUT2D eigenvalue weighted by Crippen LogP contribution is -2.02. The minimum atomic E-state index is -0.379. The molecule has 3 nitrogen and oxygen atoms in total. The summed E-state index contributed by atoms with van der Waals surface area (Å²) in [5.41, 5.74) is 1.96. The Bertz CT molecular complexity index is 510. The first kappa shape index (κ1) is 12.2. The fourth-order valence-corrected chi connectivity index (χ4v) is 1.98. The van der Waals surface area contributed by atoms with Crippen molar-refractivity contribution < 1.29 is 4.39 Å². The molecule has 0 atom stereocenters. The molecular formula is C12H12BrFN3. The Morgan fingerprint density at radius 1 is 1.47 bits per heavy atom. The lowest BCUT2D eigenvalue weighted by molar-refractivity contribution is 0.599. The maximum atomic E-state index is 13.6. The number of nitrogens with zero attached hydrogens (tertiary/aromatic N) is 3. The number of alkyl halides is 1. The van der Waals surface area contributed by atoms with E-state index < -0.39 is 0 Å². The molecule has 2 heterocycles. The normalized spacial score (nSPS) is 10.8. The molecule has 0 spiro atoms. The molecule has 2 aromatic heterocycles. The third-order valence-electron chi connectivity index (χ3n) is 2.43. The van der Waals surface area contributed by atoms with E-state index in [0.29, 0.717) is 6.42 Å². The SMILES string of the molecule is [CH2]Cc1cn(-c2ncccc2F)nc1CCBr. The predicted molar refractivity (Wildman–Crippen MR) is 67.9 cm³/mol. The highest BCUT2D eigenvalue weighted by molar-refractivity contribution is 9.09. The van der Waals surface area contributed by atoms with E-state index in [1.54, 1.807) is 18.5 Å². The largest absolute Gasteiger partial charge is 0.235 e. The minimum absolute atomic E-state index is 0.225. The Kier molecular flexibility index (Phi) is 3.89. The molecule has 0 N–H and O–H groups in total. The van der Waals surface area contributed by atoms with E-state index in [0.717, 1.165) is 23.0 Å². The van der Waals surface area contributed by atoms with Gasteiger partial charge < -0.3 is 0 Å². The molecule has 17 heavy (non-hydrogen) atoms. The van der Waals surface area contributed by atoms with Crippen molar-refractivity contribution in [3.05, 3.63) is 48.5 Å². The number of hydrogen-bond donors (Lipinski definition) is 0. The van der Waals surface area contributed by atoms with E-state index in [2.05, 4.69) is 32.9 Å². The molecule has 2 rings (SSSR count). The van der Waals surface area contributed by atoms with Crippen LogP contribution in [0.25, 0.3) is 5.82 Å². The molecule has 0 aromatic carbocycles. The van der Waals surface area contributed by atoms with E-state index >= 15 is 0 Å². The highest BCUT2D eigenvalue weighted by Crippen LogP contribution is 2.14. The molecule has 89 valence electrons. The Balaban J connectivity index is 2.43. The van der Waals surface area contributed by atoms with Gasteiger partial charge in [0, 0.05) is 24.1 Å². The van der Waals surface area contributed by atoms with Gasteiger partial charge in [-0.1, -0.05) is 15.9 Å². The molecule has 5 heteroatoms. The van der Waals surface area contributed by atoms with Crippen LogP contribution in [0.3, 0.4) is 0 Å². The van der Waals surface area contributed by atoms with Crippen molar-refractivity contribution in [2.24, 2.45) is 0 Å². The summed E-state index contributed by atoms with van der Waals surface area (Å²) in [6, 6.07) is 2.93. The Morgan fingerprint density at radius 3 is 2.94 bits per heavy atom. The first-order chi connectivity index (χ1) is 8.26. The summed E-state index contributed by atoms with van der Waals surface area (Å²) in [6.45, 7) is 3.85. The maximum Gasteiger partial charge on any atom is 0.189 e. The van der Waals surface area contributed by atoms with Crippen LogP contribution in [0.5, 0.6) is 0 Å². The van der Waals surface area contributed by atoms with Gasteiger partial charge in [0.1, 0.15) is 0 Å². The van der Waals surface area contributed by atoms with Crippen molar-refractivity contribution in [1.82, 2.24) is 14.8 Å². The third-order valence-corrected chi connectivity index (χ3v) is 2.83. The standard InChI is InChI=1S/C12H12BrFN3/c1-2-9-8-17(16-11(9)5-6-13)12-10(14)4-3-7-15-12/h3-4,7-8H,1-2,5-6H2. The van der Waals surface area contributed by atoms with E-state index in [1.165, 1.54) is 10.7 Å². The van der Waals surface area contributed by atoms with Crippen LogP contribution in [-0.2, 0) is 12.8 Å². The number of aryl methyl sites for hydroxylation is 1. The molecule has 0 aliphatic rings. The lowest BCUT2D eigenvalue weighted by Gasteiger charge is -2.00. The molecule has 0 saturated carbocycles. The van der Waals surface area contributed by atoms with Crippen molar-refractivity contribution in [3.63, 3.8) is 0 Å². The van der Waals surface area contributed by atoms with Gasteiger partial charge in [0.15, 0.2) is 11.6 Å². The monoisotopic (exact) mass is 296 g/mol. The van der Waals surface area contributed by atoms with Crippen LogP contribution >= 0.6 is 15.9 Å². The average Bonchev–Trinajstić information content (AvgIpc) is 2.73. The molecule has 0 bridgehead atoms. The Labute approximate surface area is 108 Å². The summed E-state index contributed by atoms with van der Waals surface area (Å²) in [4.78, 5) is 3.99. The number of pyridine rings is 1. The zero-order valence-corrected chi connectivity index (χ0v) is 10.8. The van der Waals surface area contributed by atoms with Crippen LogP contribution in [0.4, 0.5) is 4.39 Å². The summed E-state index contributed by atoms with van der Waals surface area (Å²) in [5.74, 6) is -0.154. The second-order valence-corrected chi connectivity index (χ2v) is 4.34. The molecular weight excluding hydrogens is 285 g/mol. The van der Waals surface area contributed by atoms with E-state index in [1.807, 2.05) is 0 Å². The molecule has 0 amide bonds. The quantitative estimate of drug-likeness (QED) is 0.812. The average molecular weight is 297 g/mol. The lowest BCUT2D eigenvalue weighted by atomic mass is 10.2. The van der Waals surface area contributed by atoms with Crippen LogP contribution < -0.4 is 0 Å². The Morgan fingerprint density at radius 2 is 2.29 bits per heavy atom. The van der Waals surface area contributed by atoms with Gasteiger partial charge in [0.05, 0.1) is 5.69 Å². The van der Waals surface area contributed by atoms with Gasteiger partial charge in [-0.2, -0.15) is 5.10 Å². The second kappa shape index (κ2) is 5.40. The third kappa shape index (κ3) is 2.54. The van der Waals surface area contributed by atoms with Crippen LogP contribution in [0.1, 0.15) is 11.3 Å². The molecule has 1 radical (unpaired) electrons. The second-order valence-electron chi connectivity index (χ2n) is 3.54. The summed E-state index contributed by atoms with van der Waals surface area (Å²) >= 11 is 3.37. The van der Waals surface area contributed by atoms with Gasteiger partial charge in [0.2, 0.25) is 0 Å². The van der Waals surface area contributed by atoms with Gasteiger partial charge in [-0.3, -0.25) is 0 Å². The van der Waals surface area contributed by atoms with Gasteiger partial charge in [-0.25, -0.2) is 14.1 Å². The van der Waals surface area contributed by atoms with Crippen LogP contribution in [0.2, 0.25) is 0 Å². The van der Waals surface area contributed by atoms with E-state index in [4.69, 9.17) is 0 Å². The van der Waals surface area contributed by atoms with Gasteiger partial charge in [0.25, 0.3) is 0 Å². The number of aromatic nitrogens is 3. The Hall–Kier alpha value is -1.23. The summed E-state index contributed by atoms with van der Waals surface area (Å²) in [5, 5.41) is 5.17. The smallest absolute Gasteiger partial charge is 0.189 e. The number of halogens is 2. The summed E-state index contributed by atoms with van der Waals surface area (Å²) < 4.78 is 15.0. The van der Waals surface area contributed by atoms with Gasteiger partial charge in [-0.05, 0) is 31.0 Å². The molecule has 0 fully saturated rings. The number of hydrogen-bond acceptors (Lipinski definition) is 2. The summed E-state index contributed by atoms with van der Waals surface area (Å²) in [6.07, 6.45) is 4.77. The first-order valence-electron chi connectivity index (χ1n) is 5.29. The summed E-state index contributed by atoms with van der Waals surface area (Å²) in [7, 11) is 0. The molecule has 0 saturated heterocycles. The van der Waals surface area contributed by atoms with Gasteiger partial charge >= 0.3 is 0 Å². The highest BCUT2D eigenvalue weighted by atomic mass is 79.9. The van der Waals surface area contributed by atoms with Gasteiger partial charge in [-0.15, -0.1) is 0 Å². The maximum absolute atomic E-state index is 13.6. The minimum Gasteiger partial charge on any atom is -0.235 e. The molecule has 0 aliphatic heterocycles. The molecule has 0 unspecified atom stereocenters.